The minimum absolute atomic E-state index is 0. The summed E-state index contributed by atoms with van der Waals surface area (Å²) in [6, 6.07) is 19.8. The number of rotatable bonds is 4. The zero-order valence-electron chi connectivity index (χ0n) is 18.6. The smallest absolute Gasteiger partial charge is 0.153 e. The lowest BCUT2D eigenvalue weighted by Gasteiger charge is -2.33. The third kappa shape index (κ3) is 4.12. The van der Waals surface area contributed by atoms with E-state index in [4.69, 9.17) is 4.98 Å². The molecule has 1 fully saturated rings. The van der Waals surface area contributed by atoms with Crippen molar-refractivity contribution in [2.45, 2.75) is 39.2 Å². The molecule has 5 rings (SSSR count). The summed E-state index contributed by atoms with van der Waals surface area (Å²) in [6.07, 6.45) is 4.22. The number of piperidine rings is 1. The van der Waals surface area contributed by atoms with Gasteiger partial charge in [0.2, 0.25) is 0 Å². The maximum atomic E-state index is 13.4. The van der Waals surface area contributed by atoms with Crippen molar-refractivity contribution in [1.29, 1.82) is 0 Å². The molecule has 5 heteroatoms. The van der Waals surface area contributed by atoms with E-state index in [-0.39, 0.29) is 18.2 Å². The SMILES string of the molecule is Cc1c(C)n(Cc2ccc(F)cc2)c2c(N3CCC(c4ccccc4)CC3)nccc12.Cl. The second-order valence-electron chi connectivity index (χ2n) is 8.63. The lowest BCUT2D eigenvalue weighted by Crippen LogP contribution is -2.33. The Morgan fingerprint density at radius 1 is 0.938 bits per heavy atom. The molecule has 1 saturated heterocycles. The van der Waals surface area contributed by atoms with Crippen LogP contribution < -0.4 is 4.90 Å². The Labute approximate surface area is 195 Å². The van der Waals surface area contributed by atoms with Crippen LogP contribution in [0.5, 0.6) is 0 Å². The van der Waals surface area contributed by atoms with Crippen molar-refractivity contribution in [3.63, 3.8) is 0 Å². The van der Waals surface area contributed by atoms with Crippen molar-refractivity contribution < 1.29 is 4.39 Å². The number of nitrogens with zero attached hydrogens (tertiary/aromatic N) is 3. The van der Waals surface area contributed by atoms with Crippen LogP contribution in [0, 0.1) is 19.7 Å². The summed E-state index contributed by atoms with van der Waals surface area (Å²) in [4.78, 5) is 7.29. The van der Waals surface area contributed by atoms with Gasteiger partial charge in [0.15, 0.2) is 5.82 Å². The Morgan fingerprint density at radius 3 is 2.31 bits per heavy atom. The first-order valence-electron chi connectivity index (χ1n) is 11.1. The van der Waals surface area contributed by atoms with Gasteiger partial charge in [-0.3, -0.25) is 0 Å². The summed E-state index contributed by atoms with van der Waals surface area (Å²) in [7, 11) is 0. The molecule has 0 bridgehead atoms. The Hall–Kier alpha value is -2.85. The molecule has 2 aromatic heterocycles. The van der Waals surface area contributed by atoms with E-state index >= 15 is 0 Å². The van der Waals surface area contributed by atoms with Crippen LogP contribution in [0.25, 0.3) is 10.9 Å². The number of hydrogen-bond acceptors (Lipinski definition) is 2. The van der Waals surface area contributed by atoms with Gasteiger partial charge in [0.05, 0.1) is 5.52 Å². The van der Waals surface area contributed by atoms with Crippen LogP contribution in [-0.4, -0.2) is 22.6 Å². The fourth-order valence-corrected chi connectivity index (χ4v) is 4.93. The predicted molar refractivity (Wildman–Crippen MR) is 133 cm³/mol. The van der Waals surface area contributed by atoms with Crippen LogP contribution >= 0.6 is 12.4 Å². The minimum Gasteiger partial charge on any atom is -0.355 e. The predicted octanol–water partition coefficient (Wildman–Crippen LogP) is 6.65. The van der Waals surface area contributed by atoms with E-state index in [1.54, 1.807) is 0 Å². The standard InChI is InChI=1S/C27H28FN3.ClH/c1-19-20(2)31(18-21-8-10-24(28)11-9-21)26-25(19)12-15-29-27(26)30-16-13-23(14-17-30)22-6-4-3-5-7-22;/h3-12,15,23H,13-14,16-18H2,1-2H3;1H. The number of benzene rings is 2. The van der Waals surface area contributed by atoms with Gasteiger partial charge in [-0.2, -0.15) is 0 Å². The number of anilines is 1. The highest BCUT2D eigenvalue weighted by atomic mass is 35.5. The molecule has 3 heterocycles. The van der Waals surface area contributed by atoms with Gasteiger partial charge < -0.3 is 9.47 Å². The molecule has 0 unspecified atom stereocenters. The molecule has 3 nitrogen and oxygen atoms in total. The molecule has 1 aliphatic rings. The van der Waals surface area contributed by atoms with Crippen molar-refractivity contribution >= 4 is 29.1 Å². The molecular weight excluding hydrogens is 421 g/mol. The maximum absolute atomic E-state index is 13.4. The highest BCUT2D eigenvalue weighted by Gasteiger charge is 2.25. The first-order valence-corrected chi connectivity index (χ1v) is 11.1. The third-order valence-corrected chi connectivity index (χ3v) is 6.85. The van der Waals surface area contributed by atoms with Crippen LogP contribution in [0.3, 0.4) is 0 Å². The second-order valence-corrected chi connectivity index (χ2v) is 8.63. The van der Waals surface area contributed by atoms with Gasteiger partial charge in [-0.05, 0) is 67.5 Å². The maximum Gasteiger partial charge on any atom is 0.153 e. The molecule has 0 spiro atoms. The van der Waals surface area contributed by atoms with Crippen molar-refractivity contribution in [2.24, 2.45) is 0 Å². The van der Waals surface area contributed by atoms with Crippen LogP contribution in [0.1, 0.15) is 41.1 Å². The van der Waals surface area contributed by atoms with Crippen LogP contribution in [-0.2, 0) is 6.54 Å². The molecule has 0 amide bonds. The number of pyridine rings is 1. The fraction of sp³-hybridized carbons (Fsp3) is 0.296. The summed E-state index contributed by atoms with van der Waals surface area (Å²) in [5.74, 6) is 1.49. The van der Waals surface area contributed by atoms with Crippen molar-refractivity contribution in [1.82, 2.24) is 9.55 Å². The zero-order chi connectivity index (χ0) is 21.4. The van der Waals surface area contributed by atoms with E-state index in [0.717, 1.165) is 43.9 Å². The van der Waals surface area contributed by atoms with Gasteiger partial charge in [0.25, 0.3) is 0 Å². The summed E-state index contributed by atoms with van der Waals surface area (Å²) < 4.78 is 15.8. The molecule has 1 aliphatic heterocycles. The summed E-state index contributed by atoms with van der Waals surface area (Å²) in [6.45, 7) is 7.08. The Bertz CT molecular complexity index is 1190. The molecule has 0 atom stereocenters. The molecular formula is C27H29ClFN3. The van der Waals surface area contributed by atoms with E-state index in [1.165, 1.54) is 39.9 Å². The van der Waals surface area contributed by atoms with E-state index in [0.29, 0.717) is 5.92 Å². The third-order valence-electron chi connectivity index (χ3n) is 6.85. The van der Waals surface area contributed by atoms with Crippen molar-refractivity contribution in [2.75, 3.05) is 18.0 Å². The van der Waals surface area contributed by atoms with E-state index in [1.807, 2.05) is 18.3 Å². The highest BCUT2D eigenvalue weighted by molar-refractivity contribution is 5.93. The monoisotopic (exact) mass is 449 g/mol. The Balaban J connectivity index is 0.00000245. The normalized spacial score (nSPS) is 14.5. The average Bonchev–Trinajstić information content (AvgIpc) is 3.06. The van der Waals surface area contributed by atoms with E-state index in [9.17, 15) is 4.39 Å². The molecule has 166 valence electrons. The van der Waals surface area contributed by atoms with Gasteiger partial charge in [0, 0.05) is 36.9 Å². The van der Waals surface area contributed by atoms with E-state index < -0.39 is 0 Å². The lowest BCUT2D eigenvalue weighted by molar-refractivity contribution is 0.503. The molecule has 0 radical (unpaired) electrons. The van der Waals surface area contributed by atoms with Gasteiger partial charge >= 0.3 is 0 Å². The van der Waals surface area contributed by atoms with E-state index in [2.05, 4.69) is 59.7 Å². The number of fused-ring (bicyclic) bond motifs is 1. The molecule has 32 heavy (non-hydrogen) atoms. The van der Waals surface area contributed by atoms with Crippen molar-refractivity contribution in [3.05, 3.63) is 95.1 Å². The van der Waals surface area contributed by atoms with Crippen LogP contribution in [0.4, 0.5) is 10.2 Å². The number of aromatic nitrogens is 2. The lowest BCUT2D eigenvalue weighted by atomic mass is 9.89. The van der Waals surface area contributed by atoms with Gasteiger partial charge in [-0.1, -0.05) is 42.5 Å². The minimum atomic E-state index is -0.197. The summed E-state index contributed by atoms with van der Waals surface area (Å²) >= 11 is 0. The zero-order valence-corrected chi connectivity index (χ0v) is 19.4. The largest absolute Gasteiger partial charge is 0.355 e. The first-order chi connectivity index (χ1) is 15.1. The second kappa shape index (κ2) is 9.33. The van der Waals surface area contributed by atoms with Gasteiger partial charge in [-0.15, -0.1) is 12.4 Å². The molecule has 0 aliphatic carbocycles. The van der Waals surface area contributed by atoms with Crippen LogP contribution in [0.2, 0.25) is 0 Å². The van der Waals surface area contributed by atoms with Gasteiger partial charge in [0.1, 0.15) is 5.82 Å². The van der Waals surface area contributed by atoms with Crippen molar-refractivity contribution in [3.8, 4) is 0 Å². The summed E-state index contributed by atoms with van der Waals surface area (Å²) in [5.41, 5.74) is 6.27. The molecule has 2 aromatic carbocycles. The molecule has 0 N–H and O–H groups in total. The Kier molecular flexibility index (Phi) is 6.52. The van der Waals surface area contributed by atoms with Crippen LogP contribution in [0.15, 0.2) is 66.9 Å². The number of aryl methyl sites for hydroxylation is 1. The van der Waals surface area contributed by atoms with Gasteiger partial charge in [-0.25, -0.2) is 9.37 Å². The topological polar surface area (TPSA) is 21.1 Å². The molecule has 0 saturated carbocycles. The quantitative estimate of drug-likeness (QED) is 0.348. The Morgan fingerprint density at radius 2 is 1.62 bits per heavy atom. The summed E-state index contributed by atoms with van der Waals surface area (Å²) in [5, 5.41) is 1.26. The fourth-order valence-electron chi connectivity index (χ4n) is 4.93. The average molecular weight is 450 g/mol. The molecule has 4 aromatic rings. The highest BCUT2D eigenvalue weighted by Crippen LogP contribution is 2.35. The number of halogens is 2. The first kappa shape index (κ1) is 22.3. The number of hydrogen-bond donors (Lipinski definition) is 0.